The number of nitrogens with one attached hydrogen (secondary N) is 1. The Labute approximate surface area is 137 Å². The zero-order valence-corrected chi connectivity index (χ0v) is 13.7. The summed E-state index contributed by atoms with van der Waals surface area (Å²) in [5.41, 5.74) is 0.145. The largest absolute Gasteiger partial charge is 0.466 e. The summed E-state index contributed by atoms with van der Waals surface area (Å²) in [5, 5.41) is 12.4. The summed E-state index contributed by atoms with van der Waals surface area (Å²) in [7, 11) is 0. The van der Waals surface area contributed by atoms with Crippen LogP contribution < -0.4 is 5.32 Å². The van der Waals surface area contributed by atoms with Gasteiger partial charge in [0, 0.05) is 25.3 Å². The van der Waals surface area contributed by atoms with Crippen LogP contribution in [0.4, 0.5) is 0 Å². The molecule has 0 unspecified atom stereocenters. The number of rotatable bonds is 5. The third kappa shape index (κ3) is 4.72. The van der Waals surface area contributed by atoms with Crippen LogP contribution in [-0.4, -0.2) is 42.5 Å². The summed E-state index contributed by atoms with van der Waals surface area (Å²) in [6, 6.07) is 2.37. The number of piperidine rings is 1. The fourth-order valence-electron chi connectivity index (χ4n) is 3.18. The predicted molar refractivity (Wildman–Crippen MR) is 85.0 cm³/mol. The van der Waals surface area contributed by atoms with Crippen LogP contribution in [0.1, 0.15) is 45.4 Å². The molecule has 1 aliphatic carbocycles. The average molecular weight is 319 g/mol. The van der Waals surface area contributed by atoms with Gasteiger partial charge in [0.25, 0.3) is 5.91 Å². The average Bonchev–Trinajstić information content (AvgIpc) is 3.09. The number of hydrogen-bond donors (Lipinski definition) is 1. The fraction of sp³-hybridized carbons (Fsp3) is 0.706. The molecule has 0 atom stereocenters. The van der Waals surface area contributed by atoms with Crippen LogP contribution in [0.5, 0.6) is 0 Å². The lowest BCUT2D eigenvalue weighted by molar-refractivity contribution is -0.150. The maximum atomic E-state index is 12.4. The fourth-order valence-corrected chi connectivity index (χ4v) is 3.18. The normalized spacial score (nSPS) is 20.2. The number of esters is 1. The van der Waals surface area contributed by atoms with Gasteiger partial charge in [-0.25, -0.2) is 0 Å². The number of nitriles is 1. The summed E-state index contributed by atoms with van der Waals surface area (Å²) in [6.07, 6.45) is 7.34. The molecule has 1 aliphatic heterocycles. The van der Waals surface area contributed by atoms with Gasteiger partial charge in [-0.05, 0) is 32.6 Å². The number of ether oxygens (including phenoxy) is 1. The first-order chi connectivity index (χ1) is 11.2. The Morgan fingerprint density at radius 1 is 1.26 bits per heavy atom. The van der Waals surface area contributed by atoms with E-state index in [1.807, 2.05) is 6.07 Å². The molecular formula is C17H25N3O3. The van der Waals surface area contributed by atoms with Crippen LogP contribution in [0.15, 0.2) is 11.8 Å². The molecule has 1 N–H and O–H groups in total. The van der Waals surface area contributed by atoms with Crippen LogP contribution in [0.2, 0.25) is 0 Å². The second-order valence-electron chi connectivity index (χ2n) is 6.14. The van der Waals surface area contributed by atoms with Gasteiger partial charge in [-0.1, -0.05) is 12.8 Å². The van der Waals surface area contributed by atoms with Crippen molar-refractivity contribution in [1.82, 2.24) is 10.2 Å². The van der Waals surface area contributed by atoms with Gasteiger partial charge in [0.1, 0.15) is 11.6 Å². The van der Waals surface area contributed by atoms with Crippen LogP contribution in [0.3, 0.4) is 0 Å². The molecule has 6 heteroatoms. The number of hydrogen-bond acceptors (Lipinski definition) is 5. The molecule has 0 spiro atoms. The molecule has 0 aromatic carbocycles. The highest BCUT2D eigenvalue weighted by molar-refractivity contribution is 5.97. The van der Waals surface area contributed by atoms with Gasteiger partial charge in [-0.2, -0.15) is 5.26 Å². The van der Waals surface area contributed by atoms with Gasteiger partial charge >= 0.3 is 5.97 Å². The number of nitrogens with zero attached hydrogens (tertiary/aromatic N) is 2. The first kappa shape index (κ1) is 17.3. The van der Waals surface area contributed by atoms with Crippen LogP contribution in [0, 0.1) is 17.2 Å². The first-order valence-corrected chi connectivity index (χ1v) is 8.48. The third-order valence-corrected chi connectivity index (χ3v) is 4.57. The molecule has 1 saturated heterocycles. The molecule has 0 radical (unpaired) electrons. The topological polar surface area (TPSA) is 82.4 Å². The minimum atomic E-state index is -0.250. The van der Waals surface area contributed by atoms with E-state index in [9.17, 15) is 14.9 Å². The van der Waals surface area contributed by atoms with Crippen molar-refractivity contribution in [3.8, 4) is 6.07 Å². The summed E-state index contributed by atoms with van der Waals surface area (Å²) < 4.78 is 5.03. The molecule has 0 aromatic rings. The van der Waals surface area contributed by atoms with Gasteiger partial charge in [0.05, 0.1) is 12.5 Å². The second kappa shape index (κ2) is 8.56. The van der Waals surface area contributed by atoms with Gasteiger partial charge < -0.3 is 15.0 Å². The SMILES string of the molecule is CCOC(=O)C1CCN(C(=O)/C(C#N)=C\NC2CCCC2)CC1. The minimum Gasteiger partial charge on any atom is -0.466 e. The van der Waals surface area contributed by atoms with E-state index in [0.717, 1.165) is 12.8 Å². The summed E-state index contributed by atoms with van der Waals surface area (Å²) in [4.78, 5) is 25.8. The van der Waals surface area contributed by atoms with Crippen LogP contribution >= 0.6 is 0 Å². The van der Waals surface area contributed by atoms with Crippen molar-refractivity contribution >= 4 is 11.9 Å². The van der Waals surface area contributed by atoms with Crippen molar-refractivity contribution in [2.24, 2.45) is 5.92 Å². The molecule has 126 valence electrons. The maximum absolute atomic E-state index is 12.4. The van der Waals surface area contributed by atoms with Crippen molar-refractivity contribution in [3.05, 3.63) is 11.8 Å². The Morgan fingerprint density at radius 2 is 1.91 bits per heavy atom. The third-order valence-electron chi connectivity index (χ3n) is 4.57. The van der Waals surface area contributed by atoms with Gasteiger partial charge in [-0.3, -0.25) is 9.59 Å². The van der Waals surface area contributed by atoms with E-state index in [1.54, 1.807) is 18.0 Å². The highest BCUT2D eigenvalue weighted by Gasteiger charge is 2.29. The van der Waals surface area contributed by atoms with Crippen molar-refractivity contribution in [3.63, 3.8) is 0 Å². The molecule has 2 fully saturated rings. The monoisotopic (exact) mass is 319 g/mol. The van der Waals surface area contributed by atoms with Gasteiger partial charge in [0.15, 0.2) is 0 Å². The Hall–Kier alpha value is -2.03. The highest BCUT2D eigenvalue weighted by atomic mass is 16.5. The molecule has 23 heavy (non-hydrogen) atoms. The standard InChI is InChI=1S/C17H25N3O3/c1-2-23-17(22)13-7-9-20(10-8-13)16(21)14(11-18)12-19-15-5-3-4-6-15/h12-13,15,19H,2-10H2,1H3/b14-12-. The summed E-state index contributed by atoms with van der Waals surface area (Å²) in [6.45, 7) is 3.15. The van der Waals surface area contributed by atoms with Crippen molar-refractivity contribution in [1.29, 1.82) is 5.26 Å². The van der Waals surface area contributed by atoms with E-state index in [0.29, 0.717) is 38.6 Å². The smallest absolute Gasteiger partial charge is 0.309 e. The second-order valence-corrected chi connectivity index (χ2v) is 6.14. The Kier molecular flexibility index (Phi) is 6.45. The molecular weight excluding hydrogens is 294 g/mol. The highest BCUT2D eigenvalue weighted by Crippen LogP contribution is 2.21. The van der Waals surface area contributed by atoms with Crippen molar-refractivity contribution in [2.75, 3.05) is 19.7 Å². The van der Waals surface area contributed by atoms with Crippen LogP contribution in [0.25, 0.3) is 0 Å². The molecule has 2 rings (SSSR count). The molecule has 1 saturated carbocycles. The first-order valence-electron chi connectivity index (χ1n) is 8.48. The molecule has 1 heterocycles. The van der Waals surface area contributed by atoms with Gasteiger partial charge in [-0.15, -0.1) is 0 Å². The molecule has 0 aromatic heterocycles. The zero-order valence-electron chi connectivity index (χ0n) is 13.7. The number of carbonyl (C=O) groups is 2. The lowest BCUT2D eigenvalue weighted by atomic mass is 9.96. The van der Waals surface area contributed by atoms with Crippen LogP contribution in [-0.2, 0) is 14.3 Å². The van der Waals surface area contributed by atoms with Gasteiger partial charge in [0.2, 0.25) is 0 Å². The molecule has 6 nitrogen and oxygen atoms in total. The Balaban J connectivity index is 1.86. The number of likely N-dealkylation sites (tertiary alicyclic amines) is 1. The minimum absolute atomic E-state index is 0.134. The predicted octanol–water partition coefficient (Wildman–Crippen LogP) is 1.73. The number of amides is 1. The summed E-state index contributed by atoms with van der Waals surface area (Å²) in [5.74, 6) is -0.566. The van der Waals surface area contributed by atoms with E-state index >= 15 is 0 Å². The number of carbonyl (C=O) groups excluding carboxylic acids is 2. The van der Waals surface area contributed by atoms with Crippen molar-refractivity contribution < 1.29 is 14.3 Å². The maximum Gasteiger partial charge on any atom is 0.309 e. The molecule has 0 bridgehead atoms. The van der Waals surface area contributed by atoms with E-state index in [1.165, 1.54) is 12.8 Å². The van der Waals surface area contributed by atoms with E-state index in [4.69, 9.17) is 4.74 Å². The Morgan fingerprint density at radius 3 is 2.48 bits per heavy atom. The van der Waals surface area contributed by atoms with E-state index in [-0.39, 0.29) is 23.4 Å². The quantitative estimate of drug-likeness (QED) is 0.474. The lowest BCUT2D eigenvalue weighted by Gasteiger charge is -2.30. The zero-order chi connectivity index (χ0) is 16.7. The van der Waals surface area contributed by atoms with Crippen molar-refractivity contribution in [2.45, 2.75) is 51.5 Å². The van der Waals surface area contributed by atoms with E-state index in [2.05, 4.69) is 5.32 Å². The summed E-state index contributed by atoms with van der Waals surface area (Å²) >= 11 is 0. The van der Waals surface area contributed by atoms with E-state index < -0.39 is 0 Å². The lowest BCUT2D eigenvalue weighted by Crippen LogP contribution is -2.41. The molecule has 2 aliphatic rings. The Bertz CT molecular complexity index is 496. The molecule has 1 amide bonds.